The molecular weight excluding hydrogens is 886 g/mol. The number of thiazole rings is 3. The second kappa shape index (κ2) is 21.2. The molecule has 0 spiro atoms. The van der Waals surface area contributed by atoms with E-state index >= 15 is 0 Å². The molecule has 6 aromatic rings. The van der Waals surface area contributed by atoms with Crippen LogP contribution in [0.2, 0.25) is 5.02 Å². The summed E-state index contributed by atoms with van der Waals surface area (Å²) in [6, 6.07) is 21.3. The molecule has 3 amide bonds. The van der Waals surface area contributed by atoms with Crippen molar-refractivity contribution in [2.45, 2.75) is 97.4 Å². The van der Waals surface area contributed by atoms with Crippen molar-refractivity contribution in [3.63, 3.8) is 0 Å². The van der Waals surface area contributed by atoms with E-state index in [9.17, 15) is 19.5 Å². The molecule has 0 saturated carbocycles. The fraction of sp³-hybridized carbons (Fsp3) is 0.375. The predicted molar refractivity (Wildman–Crippen MR) is 258 cm³/mol. The molecule has 3 aromatic carbocycles. The number of rotatable bonds is 18. The largest absolute Gasteiger partial charge is 0.493 e. The lowest BCUT2D eigenvalue weighted by atomic mass is 9.85. The van der Waals surface area contributed by atoms with Gasteiger partial charge in [-0.2, -0.15) is 0 Å². The van der Waals surface area contributed by atoms with Gasteiger partial charge in [-0.1, -0.05) is 81.6 Å². The Hall–Kier alpha value is -5.19. The highest BCUT2D eigenvalue weighted by molar-refractivity contribution is 7.16. The standard InChI is InChI=1S/C48H54ClN7O5S3/c1-29(31-15-17-32(18-16-31)42-30(2)50-28-64-42)51-44(59)39-24-35(57)25-56(39)46(60)43(48(3,4)5)55-41(58)14-8-6-7-11-23-61-40-13-10-9-12-36(40)37-26-62-45(53-37)38-27-63-47(54-38)52-34-21-19-33(49)20-22-34/h9-10,12-13,15-22,26-29,35,39,43,57H,6-8,11,14,23-25H2,1-5H3,(H,51,59)(H,52,54)(H,55,58)/t29-,35+,39-,43+/m0/s1. The van der Waals surface area contributed by atoms with Gasteiger partial charge in [0.2, 0.25) is 17.7 Å². The molecule has 3 aromatic heterocycles. The van der Waals surface area contributed by atoms with Gasteiger partial charge in [0, 0.05) is 46.4 Å². The number of para-hydroxylation sites is 1. The van der Waals surface area contributed by atoms with Gasteiger partial charge in [0.1, 0.15) is 28.5 Å². The van der Waals surface area contributed by atoms with E-state index in [0.717, 1.165) is 79.5 Å². The van der Waals surface area contributed by atoms with E-state index < -0.39 is 23.6 Å². The number of carbonyl (C=O) groups excluding carboxylic acids is 3. The Morgan fingerprint density at radius 2 is 1.64 bits per heavy atom. The van der Waals surface area contributed by atoms with Gasteiger partial charge in [0.05, 0.1) is 40.5 Å². The lowest BCUT2D eigenvalue weighted by molar-refractivity contribution is -0.144. The zero-order valence-electron chi connectivity index (χ0n) is 36.6. The molecule has 1 saturated heterocycles. The minimum Gasteiger partial charge on any atom is -0.493 e. The fourth-order valence-corrected chi connectivity index (χ4v) is 10.1. The quantitative estimate of drug-likeness (QED) is 0.0616. The number of amides is 3. The van der Waals surface area contributed by atoms with Crippen LogP contribution in [0.25, 0.3) is 32.4 Å². The highest BCUT2D eigenvalue weighted by Gasteiger charge is 2.44. The molecular formula is C48H54ClN7O5S3. The number of carbonyl (C=O) groups is 3. The molecule has 1 aliphatic rings. The van der Waals surface area contributed by atoms with Crippen LogP contribution in [-0.2, 0) is 14.4 Å². The molecule has 64 heavy (non-hydrogen) atoms. The maximum absolute atomic E-state index is 14.1. The van der Waals surface area contributed by atoms with Gasteiger partial charge in [-0.05, 0) is 79.6 Å². The molecule has 0 unspecified atom stereocenters. The van der Waals surface area contributed by atoms with Crippen molar-refractivity contribution >= 4 is 74.2 Å². The summed E-state index contributed by atoms with van der Waals surface area (Å²) >= 11 is 10.7. The molecule has 4 heterocycles. The molecule has 0 aliphatic carbocycles. The van der Waals surface area contributed by atoms with Gasteiger partial charge >= 0.3 is 0 Å². The number of ether oxygens (including phenoxy) is 1. The van der Waals surface area contributed by atoms with E-state index in [1.54, 1.807) is 11.3 Å². The van der Waals surface area contributed by atoms with Crippen LogP contribution in [0.5, 0.6) is 5.75 Å². The van der Waals surface area contributed by atoms with Crippen LogP contribution in [-0.4, -0.2) is 74.0 Å². The fourth-order valence-electron chi connectivity index (χ4n) is 7.58. The molecule has 12 nitrogen and oxygen atoms in total. The van der Waals surface area contributed by atoms with Crippen molar-refractivity contribution < 1.29 is 24.2 Å². The number of nitrogens with one attached hydrogen (secondary N) is 3. The van der Waals surface area contributed by atoms with Crippen LogP contribution in [0.15, 0.2) is 89.1 Å². The highest BCUT2D eigenvalue weighted by Crippen LogP contribution is 2.36. The molecule has 4 atom stereocenters. The van der Waals surface area contributed by atoms with Gasteiger partial charge in [-0.3, -0.25) is 14.4 Å². The molecule has 0 radical (unpaired) electrons. The first-order valence-corrected chi connectivity index (χ1v) is 24.5. The van der Waals surface area contributed by atoms with Crippen LogP contribution >= 0.6 is 45.6 Å². The molecule has 4 N–H and O–H groups in total. The number of halogens is 1. The summed E-state index contributed by atoms with van der Waals surface area (Å²) in [4.78, 5) is 57.6. The topological polar surface area (TPSA) is 159 Å². The number of aromatic nitrogens is 3. The van der Waals surface area contributed by atoms with Crippen molar-refractivity contribution in [3.05, 3.63) is 105 Å². The van der Waals surface area contributed by atoms with Gasteiger partial charge in [0.15, 0.2) is 5.13 Å². The number of benzene rings is 3. The summed E-state index contributed by atoms with van der Waals surface area (Å²) in [5.41, 5.74) is 7.58. The smallest absolute Gasteiger partial charge is 0.246 e. The third-order valence-corrected chi connectivity index (χ3v) is 14.0. The number of likely N-dealkylation sites (tertiary alicyclic amines) is 1. The van der Waals surface area contributed by atoms with Crippen LogP contribution in [0.1, 0.15) is 83.5 Å². The van der Waals surface area contributed by atoms with Gasteiger partial charge in [-0.25, -0.2) is 15.0 Å². The van der Waals surface area contributed by atoms with Crippen LogP contribution in [0, 0.1) is 12.3 Å². The van der Waals surface area contributed by atoms with Crippen molar-refractivity contribution in [2.24, 2.45) is 5.41 Å². The van der Waals surface area contributed by atoms with E-state index in [1.165, 1.54) is 27.6 Å². The first-order valence-electron chi connectivity index (χ1n) is 21.5. The SMILES string of the molecule is Cc1ncsc1-c1ccc([C@H](C)NC(=O)[C@@H]2C[C@@H](O)CN2C(=O)[C@@H](NC(=O)CCCCCCOc2ccccc2-c2csc(-c3csc(Nc4ccc(Cl)cc4)n3)n2)C(C)(C)C)cc1. The Kier molecular flexibility index (Phi) is 15.5. The third kappa shape index (κ3) is 11.9. The van der Waals surface area contributed by atoms with E-state index in [-0.39, 0.29) is 43.1 Å². The lowest BCUT2D eigenvalue weighted by Gasteiger charge is -2.35. The second-order valence-electron chi connectivity index (χ2n) is 17.1. The minimum atomic E-state index is -0.876. The van der Waals surface area contributed by atoms with E-state index in [0.29, 0.717) is 18.1 Å². The van der Waals surface area contributed by atoms with E-state index in [2.05, 4.69) is 20.9 Å². The lowest BCUT2D eigenvalue weighted by Crippen LogP contribution is -2.57. The Balaban J connectivity index is 0.853. The number of unbranched alkanes of at least 4 members (excludes halogenated alkanes) is 3. The molecule has 0 bridgehead atoms. The Morgan fingerprint density at radius 3 is 2.38 bits per heavy atom. The van der Waals surface area contributed by atoms with Gasteiger partial charge < -0.3 is 30.7 Å². The number of aryl methyl sites for hydroxylation is 1. The van der Waals surface area contributed by atoms with E-state index in [4.69, 9.17) is 26.3 Å². The van der Waals surface area contributed by atoms with Crippen molar-refractivity contribution in [1.82, 2.24) is 30.5 Å². The summed E-state index contributed by atoms with van der Waals surface area (Å²) in [6.07, 6.45) is 2.68. The molecule has 1 aliphatic heterocycles. The van der Waals surface area contributed by atoms with Crippen molar-refractivity contribution in [2.75, 3.05) is 18.5 Å². The molecule has 336 valence electrons. The highest BCUT2D eigenvalue weighted by atomic mass is 35.5. The number of aliphatic hydroxyl groups is 1. The second-order valence-corrected chi connectivity index (χ2v) is 20.1. The summed E-state index contributed by atoms with van der Waals surface area (Å²) < 4.78 is 6.24. The van der Waals surface area contributed by atoms with Crippen LogP contribution in [0.4, 0.5) is 10.8 Å². The molecule has 1 fully saturated rings. The summed E-state index contributed by atoms with van der Waals surface area (Å²) in [7, 11) is 0. The maximum atomic E-state index is 14.1. The third-order valence-electron chi connectivity index (χ3n) is 11.1. The molecule has 16 heteroatoms. The zero-order valence-corrected chi connectivity index (χ0v) is 39.8. The summed E-state index contributed by atoms with van der Waals surface area (Å²) in [5.74, 6) is -0.180. The van der Waals surface area contributed by atoms with Crippen LogP contribution in [0.3, 0.4) is 0 Å². The van der Waals surface area contributed by atoms with Gasteiger partial charge in [-0.15, -0.1) is 34.0 Å². The zero-order chi connectivity index (χ0) is 45.4. The number of hydrogen-bond acceptors (Lipinski definition) is 12. The summed E-state index contributed by atoms with van der Waals surface area (Å²) in [5, 5.41) is 26.3. The Bertz CT molecular complexity index is 2520. The monoisotopic (exact) mass is 939 g/mol. The summed E-state index contributed by atoms with van der Waals surface area (Å²) in [6.45, 7) is 10.1. The predicted octanol–water partition coefficient (Wildman–Crippen LogP) is 10.5. The molecule has 7 rings (SSSR count). The minimum absolute atomic E-state index is 0.0196. The Labute approximate surface area is 391 Å². The van der Waals surface area contributed by atoms with Crippen molar-refractivity contribution in [1.29, 1.82) is 0 Å². The maximum Gasteiger partial charge on any atom is 0.246 e. The number of aliphatic hydroxyl groups excluding tert-OH is 1. The van der Waals surface area contributed by atoms with Crippen LogP contribution < -0.4 is 20.7 Å². The number of anilines is 2. The number of β-amino-alcohol motifs (C(OH)–C–C–N with tert-alkyl or cyclic N) is 1. The van der Waals surface area contributed by atoms with Gasteiger partial charge in [0.25, 0.3) is 0 Å². The average Bonchev–Trinajstić information content (AvgIpc) is 4.11. The Morgan fingerprint density at radius 1 is 0.906 bits per heavy atom. The number of hydrogen-bond donors (Lipinski definition) is 4. The average molecular weight is 941 g/mol. The van der Waals surface area contributed by atoms with Crippen molar-refractivity contribution in [3.8, 4) is 38.1 Å². The normalized spacial score (nSPS) is 16.0. The first-order chi connectivity index (χ1) is 30.7. The van der Waals surface area contributed by atoms with E-state index in [1.807, 2.05) is 124 Å². The number of nitrogens with zero attached hydrogens (tertiary/aromatic N) is 4. The first kappa shape index (κ1) is 46.8.